The van der Waals surface area contributed by atoms with E-state index < -0.39 is 0 Å². The van der Waals surface area contributed by atoms with Gasteiger partial charge in [0.15, 0.2) is 0 Å². The molecule has 1 nitrogen and oxygen atoms in total. The van der Waals surface area contributed by atoms with Gasteiger partial charge in [-0.2, -0.15) is 0 Å². The number of benzene rings is 2. The Hall–Kier alpha value is -1.73. The van der Waals surface area contributed by atoms with E-state index in [1.54, 1.807) is 0 Å². The molecule has 2 aromatic rings. The van der Waals surface area contributed by atoms with Crippen LogP contribution in [0.4, 0.5) is 5.69 Å². The fraction of sp³-hybridized carbons (Fsp3) is 0.176. The van der Waals surface area contributed by atoms with Gasteiger partial charge in [-0.1, -0.05) is 42.5 Å². The number of nitrogens with one attached hydrogen (secondary N) is 1. The highest BCUT2D eigenvalue weighted by Crippen LogP contribution is 2.37. The van der Waals surface area contributed by atoms with E-state index in [-0.39, 0.29) is 0 Å². The zero-order valence-electron chi connectivity index (χ0n) is 10.7. The van der Waals surface area contributed by atoms with Crippen molar-refractivity contribution in [1.82, 2.24) is 0 Å². The number of halogens is 1. The molecule has 0 aliphatic heterocycles. The fourth-order valence-corrected chi connectivity index (χ4v) is 2.70. The summed E-state index contributed by atoms with van der Waals surface area (Å²) < 4.78 is 0. The Balaban J connectivity index is 1.79. The summed E-state index contributed by atoms with van der Waals surface area (Å²) in [5, 5.41) is 3.39. The van der Waals surface area contributed by atoms with E-state index in [1.807, 2.05) is 6.08 Å². The van der Waals surface area contributed by atoms with Crippen LogP contribution in [0, 0.1) is 0 Å². The first-order valence-electron chi connectivity index (χ1n) is 6.54. The third kappa shape index (κ3) is 2.52. The lowest BCUT2D eigenvalue weighted by Crippen LogP contribution is -1.98. The Morgan fingerprint density at radius 3 is 2.74 bits per heavy atom. The second-order valence-electron chi connectivity index (χ2n) is 4.71. The van der Waals surface area contributed by atoms with Crippen LogP contribution in [-0.4, -0.2) is 12.4 Å². The van der Waals surface area contributed by atoms with Crippen molar-refractivity contribution in [2.75, 3.05) is 17.7 Å². The molecule has 2 aromatic carbocycles. The molecule has 0 amide bonds. The lowest BCUT2D eigenvalue weighted by Gasteiger charge is -2.06. The third-order valence-electron chi connectivity index (χ3n) is 3.47. The number of hydrogen-bond acceptors (Lipinski definition) is 1. The average Bonchev–Trinajstić information content (AvgIpc) is 2.81. The van der Waals surface area contributed by atoms with Crippen LogP contribution in [0.25, 0.3) is 11.1 Å². The second-order valence-corrected chi connectivity index (χ2v) is 5.02. The smallest absolute Gasteiger partial charge is 0.0404 e. The van der Waals surface area contributed by atoms with Crippen LogP contribution in [0.1, 0.15) is 11.1 Å². The molecule has 0 fully saturated rings. The van der Waals surface area contributed by atoms with Gasteiger partial charge in [-0.25, -0.2) is 0 Å². The van der Waals surface area contributed by atoms with Gasteiger partial charge in [0.05, 0.1) is 0 Å². The van der Waals surface area contributed by atoms with Crippen molar-refractivity contribution < 1.29 is 0 Å². The van der Waals surface area contributed by atoms with E-state index in [4.69, 9.17) is 11.6 Å². The SMILES string of the molecule is ClC/C=C/CNc1ccc2c(c1)Cc1ccccc1-2. The molecule has 0 bridgehead atoms. The highest BCUT2D eigenvalue weighted by Gasteiger charge is 2.17. The summed E-state index contributed by atoms with van der Waals surface area (Å²) in [6.45, 7) is 0.818. The molecule has 1 aliphatic carbocycles. The molecule has 1 aliphatic rings. The maximum atomic E-state index is 5.60. The number of fused-ring (bicyclic) bond motifs is 3. The summed E-state index contributed by atoms with van der Waals surface area (Å²) in [6, 6.07) is 15.3. The van der Waals surface area contributed by atoms with Crippen LogP contribution >= 0.6 is 11.6 Å². The number of hydrogen-bond donors (Lipinski definition) is 1. The van der Waals surface area contributed by atoms with Crippen molar-refractivity contribution >= 4 is 17.3 Å². The number of allylic oxidation sites excluding steroid dienone is 1. The molecule has 0 heterocycles. The summed E-state index contributed by atoms with van der Waals surface area (Å²) in [6.07, 6.45) is 5.05. The lowest BCUT2D eigenvalue weighted by atomic mass is 10.1. The molecule has 0 radical (unpaired) electrons. The van der Waals surface area contributed by atoms with Crippen LogP contribution < -0.4 is 5.32 Å². The standard InChI is InChI=1S/C17H16ClN/c18-9-3-4-10-19-15-7-8-17-14(12-15)11-13-5-1-2-6-16(13)17/h1-8,12,19H,9-11H2/b4-3+. The fourth-order valence-electron chi connectivity index (χ4n) is 2.58. The molecule has 3 rings (SSSR count). The zero-order valence-corrected chi connectivity index (χ0v) is 11.5. The Labute approximate surface area is 118 Å². The van der Waals surface area contributed by atoms with Gasteiger partial charge in [-0.15, -0.1) is 11.6 Å². The molecule has 0 saturated carbocycles. The van der Waals surface area contributed by atoms with E-state index in [1.165, 1.54) is 27.9 Å². The molecule has 0 spiro atoms. The normalized spacial score (nSPS) is 12.5. The average molecular weight is 270 g/mol. The molecule has 19 heavy (non-hydrogen) atoms. The quantitative estimate of drug-likeness (QED) is 0.544. The molecular formula is C17H16ClN. The second kappa shape index (κ2) is 5.50. The maximum absolute atomic E-state index is 5.60. The minimum atomic E-state index is 0.571. The molecule has 96 valence electrons. The van der Waals surface area contributed by atoms with E-state index in [0.717, 1.165) is 13.0 Å². The van der Waals surface area contributed by atoms with E-state index >= 15 is 0 Å². The van der Waals surface area contributed by atoms with Gasteiger partial charge in [-0.05, 0) is 40.8 Å². The summed E-state index contributed by atoms with van der Waals surface area (Å²) >= 11 is 5.60. The molecule has 1 N–H and O–H groups in total. The minimum absolute atomic E-state index is 0.571. The number of rotatable bonds is 4. The predicted octanol–water partition coefficient (Wildman–Crippen LogP) is 4.46. The largest absolute Gasteiger partial charge is 0.382 e. The number of alkyl halides is 1. The van der Waals surface area contributed by atoms with Crippen LogP contribution in [-0.2, 0) is 6.42 Å². The maximum Gasteiger partial charge on any atom is 0.0404 e. The van der Waals surface area contributed by atoms with Crippen molar-refractivity contribution in [3.8, 4) is 11.1 Å². The van der Waals surface area contributed by atoms with Gasteiger partial charge in [0.1, 0.15) is 0 Å². The van der Waals surface area contributed by atoms with Gasteiger partial charge in [0, 0.05) is 18.1 Å². The highest BCUT2D eigenvalue weighted by molar-refractivity contribution is 6.18. The van der Waals surface area contributed by atoms with Crippen molar-refractivity contribution in [2.24, 2.45) is 0 Å². The molecule has 2 heteroatoms. The third-order valence-corrected chi connectivity index (χ3v) is 3.65. The topological polar surface area (TPSA) is 12.0 Å². The van der Waals surface area contributed by atoms with Gasteiger partial charge in [0.25, 0.3) is 0 Å². The van der Waals surface area contributed by atoms with Crippen LogP contribution in [0.2, 0.25) is 0 Å². The summed E-state index contributed by atoms with van der Waals surface area (Å²) in [5.41, 5.74) is 6.76. The first-order valence-corrected chi connectivity index (χ1v) is 7.08. The van der Waals surface area contributed by atoms with Gasteiger partial charge < -0.3 is 5.32 Å². The summed E-state index contributed by atoms with van der Waals surface area (Å²) in [4.78, 5) is 0. The summed E-state index contributed by atoms with van der Waals surface area (Å²) in [7, 11) is 0. The molecule has 0 unspecified atom stereocenters. The molecule has 0 atom stereocenters. The van der Waals surface area contributed by atoms with E-state index in [2.05, 4.69) is 53.9 Å². The predicted molar refractivity (Wildman–Crippen MR) is 83.0 cm³/mol. The first kappa shape index (κ1) is 12.3. The van der Waals surface area contributed by atoms with Crippen molar-refractivity contribution in [1.29, 1.82) is 0 Å². The van der Waals surface area contributed by atoms with Crippen molar-refractivity contribution in [3.63, 3.8) is 0 Å². The Kier molecular flexibility index (Phi) is 3.56. The Morgan fingerprint density at radius 2 is 1.84 bits per heavy atom. The first-order chi connectivity index (χ1) is 9.38. The van der Waals surface area contributed by atoms with Crippen LogP contribution in [0.5, 0.6) is 0 Å². The molecule has 0 aromatic heterocycles. The van der Waals surface area contributed by atoms with Crippen molar-refractivity contribution in [3.05, 3.63) is 65.7 Å². The van der Waals surface area contributed by atoms with Crippen LogP contribution in [0.3, 0.4) is 0 Å². The zero-order chi connectivity index (χ0) is 13.1. The summed E-state index contributed by atoms with van der Waals surface area (Å²) in [5.74, 6) is 0.571. The molecular weight excluding hydrogens is 254 g/mol. The van der Waals surface area contributed by atoms with Gasteiger partial charge in [0.2, 0.25) is 0 Å². The highest BCUT2D eigenvalue weighted by atomic mass is 35.5. The lowest BCUT2D eigenvalue weighted by molar-refractivity contribution is 1.25. The Bertz CT molecular complexity index is 616. The number of anilines is 1. The van der Waals surface area contributed by atoms with Crippen LogP contribution in [0.15, 0.2) is 54.6 Å². The van der Waals surface area contributed by atoms with E-state index in [9.17, 15) is 0 Å². The van der Waals surface area contributed by atoms with Crippen molar-refractivity contribution in [2.45, 2.75) is 6.42 Å². The van der Waals surface area contributed by atoms with Gasteiger partial charge >= 0.3 is 0 Å². The Morgan fingerprint density at radius 1 is 1.00 bits per heavy atom. The minimum Gasteiger partial charge on any atom is -0.382 e. The van der Waals surface area contributed by atoms with Gasteiger partial charge in [-0.3, -0.25) is 0 Å². The van der Waals surface area contributed by atoms with E-state index in [0.29, 0.717) is 5.88 Å². The molecule has 0 saturated heterocycles. The monoisotopic (exact) mass is 269 g/mol.